The number of halogens is 2. The number of likely N-dealkylation sites (N-methyl/N-ethyl adjacent to an activating group) is 1. The van der Waals surface area contributed by atoms with Gasteiger partial charge >= 0.3 is 0 Å². The Bertz CT molecular complexity index is 1230. The summed E-state index contributed by atoms with van der Waals surface area (Å²) in [6.45, 7) is 0.831. The van der Waals surface area contributed by atoms with Crippen LogP contribution in [0.5, 0.6) is 5.75 Å². The number of imidazole rings is 1. The number of anilines is 1. The van der Waals surface area contributed by atoms with E-state index in [4.69, 9.17) is 32.5 Å². The number of nitrogens with two attached hydrogens (primary N) is 2. The Hall–Kier alpha value is -2.95. The predicted molar refractivity (Wildman–Crippen MR) is 128 cm³/mol. The number of methoxy groups -OCH3 is 1. The minimum absolute atomic E-state index is 0.159. The summed E-state index contributed by atoms with van der Waals surface area (Å²) in [5.41, 5.74) is 17.7. The lowest BCUT2D eigenvalue weighted by molar-refractivity contribution is 0.0905. The number of ether oxygens (including phenoxy) is 2. The molecule has 0 saturated heterocycles. The Morgan fingerprint density at radius 3 is 2.62 bits per heavy atom. The van der Waals surface area contributed by atoms with E-state index in [1.807, 2.05) is 30.1 Å². The maximum Gasteiger partial charge on any atom is 0.147 e. The van der Waals surface area contributed by atoms with Gasteiger partial charge in [0.15, 0.2) is 0 Å². The molecule has 0 bridgehead atoms. The van der Waals surface area contributed by atoms with Gasteiger partial charge in [-0.1, -0.05) is 23.7 Å². The van der Waals surface area contributed by atoms with Crippen molar-refractivity contribution in [2.75, 3.05) is 32.3 Å². The number of nitrogens with zero attached hydrogens (tertiary/aromatic N) is 4. The normalized spacial score (nSPS) is 23.2. The molecular formula is C24H26ClFN6O2. The fourth-order valence-corrected chi connectivity index (χ4v) is 4.81. The van der Waals surface area contributed by atoms with Crippen molar-refractivity contribution in [3.63, 3.8) is 0 Å². The maximum absolute atomic E-state index is 13.6. The molecule has 0 spiro atoms. The van der Waals surface area contributed by atoms with E-state index in [-0.39, 0.29) is 11.7 Å². The van der Waals surface area contributed by atoms with Crippen molar-refractivity contribution in [2.45, 2.75) is 18.4 Å². The molecule has 3 heterocycles. The van der Waals surface area contributed by atoms with Crippen LogP contribution in [0.25, 0.3) is 5.69 Å². The molecule has 3 aromatic rings. The summed E-state index contributed by atoms with van der Waals surface area (Å²) in [5, 5.41) is 0.388. The van der Waals surface area contributed by atoms with Gasteiger partial charge in [0.1, 0.15) is 29.3 Å². The van der Waals surface area contributed by atoms with E-state index in [1.165, 1.54) is 12.1 Å². The third kappa shape index (κ3) is 3.85. The second-order valence-electron chi connectivity index (χ2n) is 8.38. The van der Waals surface area contributed by atoms with E-state index >= 15 is 0 Å². The van der Waals surface area contributed by atoms with Gasteiger partial charge in [0, 0.05) is 35.1 Å². The van der Waals surface area contributed by atoms with E-state index in [9.17, 15) is 4.39 Å². The molecule has 0 fully saturated rings. The topological polar surface area (TPSA) is 94.8 Å². The average Bonchev–Trinajstić information content (AvgIpc) is 3.29. The molecule has 0 saturated carbocycles. The Labute approximate surface area is 202 Å². The molecule has 34 heavy (non-hydrogen) atoms. The van der Waals surface area contributed by atoms with E-state index < -0.39 is 12.5 Å². The van der Waals surface area contributed by atoms with Crippen LogP contribution >= 0.6 is 11.6 Å². The fourth-order valence-electron chi connectivity index (χ4n) is 4.66. The summed E-state index contributed by atoms with van der Waals surface area (Å²) in [5.74, 6) is 0.181. The number of aromatic nitrogens is 2. The standard InChI is InChI=1S/C24H26ClFN6O2/c1-30-23(27)18-12-34-11-17(14-3-5-15(26)6-4-14)22(18)32(24(30)28)16-7-8-19(20(9-16)33-2)31-10-21(25)29-13-31/h3-10,13,17,23-24H,11-12,27-28H2,1-2H3. The van der Waals surface area contributed by atoms with Gasteiger partial charge in [-0.25, -0.2) is 9.37 Å². The molecule has 10 heteroatoms. The van der Waals surface area contributed by atoms with Crippen molar-refractivity contribution in [1.82, 2.24) is 14.5 Å². The largest absolute Gasteiger partial charge is 0.494 e. The lowest BCUT2D eigenvalue weighted by atomic mass is 9.88. The van der Waals surface area contributed by atoms with Gasteiger partial charge < -0.3 is 24.7 Å². The molecule has 2 aromatic carbocycles. The second kappa shape index (κ2) is 9.01. The quantitative estimate of drug-likeness (QED) is 0.587. The van der Waals surface area contributed by atoms with E-state index in [1.54, 1.807) is 36.3 Å². The zero-order chi connectivity index (χ0) is 24.0. The predicted octanol–water partition coefficient (Wildman–Crippen LogP) is 3.02. The van der Waals surface area contributed by atoms with Crippen molar-refractivity contribution in [3.8, 4) is 11.4 Å². The van der Waals surface area contributed by atoms with E-state index in [0.29, 0.717) is 24.1 Å². The minimum Gasteiger partial charge on any atom is -0.494 e. The van der Waals surface area contributed by atoms with E-state index in [0.717, 1.165) is 28.2 Å². The first-order valence-corrected chi connectivity index (χ1v) is 11.2. The first-order valence-electron chi connectivity index (χ1n) is 10.9. The fraction of sp³-hybridized carbons (Fsp3) is 0.292. The van der Waals surface area contributed by atoms with Crippen LogP contribution in [0.4, 0.5) is 10.1 Å². The summed E-state index contributed by atoms with van der Waals surface area (Å²) in [6, 6.07) is 12.3. The third-order valence-electron chi connectivity index (χ3n) is 6.48. The SMILES string of the molecule is COc1cc(N2C3=C(COCC3c3ccc(F)cc3)C(N)N(C)C2N)ccc1-n1cnc(Cl)c1. The smallest absolute Gasteiger partial charge is 0.147 e. The number of rotatable bonds is 4. The molecule has 0 radical (unpaired) electrons. The third-order valence-corrected chi connectivity index (χ3v) is 6.68. The molecule has 2 aliphatic heterocycles. The van der Waals surface area contributed by atoms with Crippen LogP contribution in [0, 0.1) is 5.82 Å². The molecule has 2 aliphatic rings. The van der Waals surface area contributed by atoms with Gasteiger partial charge in [-0.05, 0) is 36.9 Å². The van der Waals surface area contributed by atoms with Crippen molar-refractivity contribution < 1.29 is 13.9 Å². The van der Waals surface area contributed by atoms with Crippen LogP contribution in [0.3, 0.4) is 0 Å². The van der Waals surface area contributed by atoms with Crippen LogP contribution < -0.4 is 21.1 Å². The van der Waals surface area contributed by atoms with Crippen LogP contribution in [0.2, 0.25) is 5.15 Å². The molecule has 0 aliphatic carbocycles. The Morgan fingerprint density at radius 2 is 1.94 bits per heavy atom. The Balaban J connectivity index is 1.64. The van der Waals surface area contributed by atoms with Crippen LogP contribution in [0.1, 0.15) is 11.5 Å². The summed E-state index contributed by atoms with van der Waals surface area (Å²) in [4.78, 5) is 8.04. The summed E-state index contributed by atoms with van der Waals surface area (Å²) in [6.07, 6.45) is 2.40. The van der Waals surface area contributed by atoms with Gasteiger partial charge in [-0.2, -0.15) is 0 Å². The second-order valence-corrected chi connectivity index (χ2v) is 8.77. The molecule has 8 nitrogen and oxygen atoms in total. The monoisotopic (exact) mass is 484 g/mol. The molecular weight excluding hydrogens is 459 g/mol. The number of hydrogen-bond donors (Lipinski definition) is 2. The molecule has 3 atom stereocenters. The Kier molecular flexibility index (Phi) is 6.05. The van der Waals surface area contributed by atoms with Gasteiger partial charge in [0.2, 0.25) is 0 Å². The van der Waals surface area contributed by atoms with Crippen molar-refractivity contribution in [3.05, 3.63) is 82.8 Å². The maximum atomic E-state index is 13.6. The molecule has 0 amide bonds. The molecule has 5 rings (SSSR count). The highest BCUT2D eigenvalue weighted by atomic mass is 35.5. The lowest BCUT2D eigenvalue weighted by Crippen LogP contribution is -2.64. The molecule has 1 aromatic heterocycles. The van der Waals surface area contributed by atoms with Gasteiger partial charge in [0.25, 0.3) is 0 Å². The zero-order valence-electron chi connectivity index (χ0n) is 18.9. The molecule has 4 N–H and O–H groups in total. The van der Waals surface area contributed by atoms with Gasteiger partial charge in [-0.15, -0.1) is 0 Å². The van der Waals surface area contributed by atoms with Crippen molar-refractivity contribution >= 4 is 17.3 Å². The summed E-state index contributed by atoms with van der Waals surface area (Å²) < 4.78 is 27.1. The van der Waals surface area contributed by atoms with E-state index in [2.05, 4.69) is 9.88 Å². The van der Waals surface area contributed by atoms with Crippen LogP contribution in [-0.2, 0) is 4.74 Å². The number of hydrogen-bond acceptors (Lipinski definition) is 7. The highest BCUT2D eigenvalue weighted by molar-refractivity contribution is 6.29. The van der Waals surface area contributed by atoms with Gasteiger partial charge in [-0.3, -0.25) is 10.6 Å². The average molecular weight is 485 g/mol. The first kappa shape index (κ1) is 22.8. The first-order chi connectivity index (χ1) is 16.4. The van der Waals surface area contributed by atoms with Gasteiger partial charge in [0.05, 0.1) is 32.2 Å². The molecule has 3 unspecified atom stereocenters. The molecule has 178 valence electrons. The Morgan fingerprint density at radius 1 is 1.18 bits per heavy atom. The lowest BCUT2D eigenvalue weighted by Gasteiger charge is -2.50. The van der Waals surface area contributed by atoms with Crippen LogP contribution in [-0.4, -0.2) is 54.3 Å². The van der Waals surface area contributed by atoms with Crippen LogP contribution in [0.15, 0.2) is 66.3 Å². The van der Waals surface area contributed by atoms with Crippen molar-refractivity contribution in [2.24, 2.45) is 11.5 Å². The highest BCUT2D eigenvalue weighted by Crippen LogP contribution is 2.42. The summed E-state index contributed by atoms with van der Waals surface area (Å²) >= 11 is 6.01. The minimum atomic E-state index is -0.534. The zero-order valence-corrected chi connectivity index (χ0v) is 19.6. The van der Waals surface area contributed by atoms with Crippen molar-refractivity contribution in [1.29, 1.82) is 0 Å². The highest BCUT2D eigenvalue weighted by Gasteiger charge is 2.41. The number of benzene rings is 2. The summed E-state index contributed by atoms with van der Waals surface area (Å²) in [7, 11) is 3.49.